The summed E-state index contributed by atoms with van der Waals surface area (Å²) in [5.74, 6) is -0.0321. The second-order valence-corrected chi connectivity index (χ2v) is 6.11. The van der Waals surface area contributed by atoms with Crippen molar-refractivity contribution in [1.82, 2.24) is 15.6 Å². The summed E-state index contributed by atoms with van der Waals surface area (Å²) in [7, 11) is 1.32. The number of nitrogen functional groups attached to an aromatic ring is 1. The summed E-state index contributed by atoms with van der Waals surface area (Å²) in [6, 6.07) is 8.44. The molecular formula is C19H20N4O3. The van der Waals surface area contributed by atoms with E-state index in [1.54, 1.807) is 19.2 Å². The van der Waals surface area contributed by atoms with E-state index in [0.717, 1.165) is 22.3 Å². The van der Waals surface area contributed by atoms with Gasteiger partial charge < -0.3 is 21.1 Å². The Hall–Kier alpha value is -3.35. The standard InChI is InChI=1S/C19H20N4O3/c1-10-7-15(20)21-9-14(10)12-5-4-6-13(8-12)17-16(18(24)26-3)11(2)22-19(25)23-17/h4-9,17H,1-3H3,(H2,20,21)(H2,22,23,25). The fourth-order valence-electron chi connectivity index (χ4n) is 3.09. The highest BCUT2D eigenvalue weighted by atomic mass is 16.5. The van der Waals surface area contributed by atoms with Gasteiger partial charge in [-0.1, -0.05) is 18.2 Å². The Labute approximate surface area is 151 Å². The highest BCUT2D eigenvalue weighted by molar-refractivity contribution is 5.95. The molecule has 1 aliphatic rings. The Morgan fingerprint density at radius 1 is 1.27 bits per heavy atom. The predicted molar refractivity (Wildman–Crippen MR) is 97.9 cm³/mol. The lowest BCUT2D eigenvalue weighted by molar-refractivity contribution is -0.136. The van der Waals surface area contributed by atoms with Crippen LogP contribution in [-0.4, -0.2) is 24.1 Å². The Kier molecular flexibility index (Phi) is 4.62. The van der Waals surface area contributed by atoms with Gasteiger partial charge >= 0.3 is 12.0 Å². The van der Waals surface area contributed by atoms with Crippen LogP contribution in [0.25, 0.3) is 11.1 Å². The SMILES string of the molecule is COC(=O)C1=C(C)NC(=O)NC1c1cccc(-c2cnc(N)cc2C)c1. The number of hydrogen-bond acceptors (Lipinski definition) is 5. The Morgan fingerprint density at radius 3 is 2.73 bits per heavy atom. The third-order valence-electron chi connectivity index (χ3n) is 4.34. The van der Waals surface area contributed by atoms with Crippen LogP contribution in [0.15, 0.2) is 47.8 Å². The molecule has 0 radical (unpaired) electrons. The smallest absolute Gasteiger partial charge is 0.337 e. The molecule has 2 amide bonds. The summed E-state index contributed by atoms with van der Waals surface area (Å²) in [6.45, 7) is 3.63. The van der Waals surface area contributed by atoms with Gasteiger partial charge in [0.25, 0.3) is 0 Å². The lowest BCUT2D eigenvalue weighted by atomic mass is 9.92. The number of ether oxygens (including phenoxy) is 1. The van der Waals surface area contributed by atoms with Crippen molar-refractivity contribution in [3.05, 3.63) is 58.9 Å². The molecule has 0 saturated carbocycles. The molecule has 1 aromatic carbocycles. The van der Waals surface area contributed by atoms with Crippen molar-refractivity contribution >= 4 is 17.8 Å². The van der Waals surface area contributed by atoms with Crippen molar-refractivity contribution in [2.75, 3.05) is 12.8 Å². The molecule has 0 fully saturated rings. The average molecular weight is 352 g/mol. The highest BCUT2D eigenvalue weighted by Gasteiger charge is 2.31. The van der Waals surface area contributed by atoms with Crippen molar-refractivity contribution in [3.8, 4) is 11.1 Å². The number of nitrogens with one attached hydrogen (secondary N) is 2. The lowest BCUT2D eigenvalue weighted by Gasteiger charge is -2.28. The van der Waals surface area contributed by atoms with E-state index in [2.05, 4.69) is 15.6 Å². The molecule has 7 nitrogen and oxygen atoms in total. The Balaban J connectivity index is 2.07. The number of rotatable bonds is 3. The van der Waals surface area contributed by atoms with Gasteiger partial charge in [-0.05, 0) is 42.7 Å². The normalized spacial score (nSPS) is 16.7. The first-order valence-electron chi connectivity index (χ1n) is 8.09. The summed E-state index contributed by atoms with van der Waals surface area (Å²) in [6.07, 6.45) is 1.72. The lowest BCUT2D eigenvalue weighted by Crippen LogP contribution is -2.45. The molecule has 4 N–H and O–H groups in total. The van der Waals surface area contributed by atoms with E-state index in [4.69, 9.17) is 10.5 Å². The van der Waals surface area contributed by atoms with Crippen molar-refractivity contribution in [1.29, 1.82) is 0 Å². The number of amides is 2. The van der Waals surface area contributed by atoms with Gasteiger partial charge in [-0.3, -0.25) is 0 Å². The maximum Gasteiger partial charge on any atom is 0.337 e. The van der Waals surface area contributed by atoms with Gasteiger partial charge in [0, 0.05) is 17.5 Å². The number of allylic oxidation sites excluding steroid dienone is 1. The van der Waals surface area contributed by atoms with Gasteiger partial charge in [0.1, 0.15) is 5.82 Å². The van der Waals surface area contributed by atoms with E-state index < -0.39 is 12.0 Å². The zero-order valence-electron chi connectivity index (χ0n) is 14.8. The van der Waals surface area contributed by atoms with Crippen LogP contribution in [0.1, 0.15) is 24.1 Å². The van der Waals surface area contributed by atoms with Crippen LogP contribution in [-0.2, 0) is 9.53 Å². The number of urea groups is 1. The molecule has 7 heteroatoms. The summed E-state index contributed by atoms with van der Waals surface area (Å²) in [5, 5.41) is 5.40. The largest absolute Gasteiger partial charge is 0.466 e. The Morgan fingerprint density at radius 2 is 2.04 bits per heavy atom. The van der Waals surface area contributed by atoms with Crippen LogP contribution >= 0.6 is 0 Å². The molecule has 1 aromatic heterocycles. The number of nitrogens with two attached hydrogens (primary N) is 1. The number of aryl methyl sites for hydroxylation is 1. The van der Waals surface area contributed by atoms with E-state index in [0.29, 0.717) is 17.1 Å². The molecular weight excluding hydrogens is 332 g/mol. The first-order valence-corrected chi connectivity index (χ1v) is 8.09. The van der Waals surface area contributed by atoms with Crippen LogP contribution < -0.4 is 16.4 Å². The second-order valence-electron chi connectivity index (χ2n) is 6.11. The predicted octanol–water partition coefficient (Wildman–Crippen LogP) is 2.44. The summed E-state index contributed by atoms with van der Waals surface area (Å²) in [4.78, 5) is 28.3. The molecule has 2 heterocycles. The average Bonchev–Trinajstić information content (AvgIpc) is 2.60. The van der Waals surface area contributed by atoms with Gasteiger partial charge in [-0.15, -0.1) is 0 Å². The number of anilines is 1. The molecule has 0 aliphatic carbocycles. The fourth-order valence-corrected chi connectivity index (χ4v) is 3.09. The minimum Gasteiger partial charge on any atom is -0.466 e. The van der Waals surface area contributed by atoms with E-state index in [9.17, 15) is 9.59 Å². The van der Waals surface area contributed by atoms with Gasteiger partial charge in [0.2, 0.25) is 0 Å². The number of esters is 1. The molecule has 3 rings (SSSR count). The zero-order chi connectivity index (χ0) is 18.8. The first kappa shape index (κ1) is 17.5. The first-order chi connectivity index (χ1) is 12.4. The quantitative estimate of drug-likeness (QED) is 0.736. The number of pyridine rings is 1. The zero-order valence-corrected chi connectivity index (χ0v) is 14.8. The maximum atomic E-state index is 12.2. The van der Waals surface area contributed by atoms with Gasteiger partial charge in [-0.2, -0.15) is 0 Å². The van der Waals surface area contributed by atoms with Crippen LogP contribution in [0, 0.1) is 6.92 Å². The van der Waals surface area contributed by atoms with Crippen LogP contribution in [0.3, 0.4) is 0 Å². The van der Waals surface area contributed by atoms with E-state index in [1.807, 2.05) is 31.2 Å². The van der Waals surface area contributed by atoms with Gasteiger partial charge in [0.05, 0.1) is 18.7 Å². The number of methoxy groups -OCH3 is 1. The van der Waals surface area contributed by atoms with E-state index in [1.165, 1.54) is 7.11 Å². The monoisotopic (exact) mass is 352 g/mol. The highest BCUT2D eigenvalue weighted by Crippen LogP contribution is 2.31. The number of aromatic nitrogens is 1. The molecule has 134 valence electrons. The number of benzene rings is 1. The summed E-state index contributed by atoms with van der Waals surface area (Å²) < 4.78 is 4.88. The molecule has 1 aliphatic heterocycles. The molecule has 26 heavy (non-hydrogen) atoms. The second kappa shape index (κ2) is 6.87. The number of carbonyl (C=O) groups is 2. The van der Waals surface area contributed by atoms with Crippen LogP contribution in [0.2, 0.25) is 0 Å². The molecule has 2 aromatic rings. The van der Waals surface area contributed by atoms with Crippen LogP contribution in [0.4, 0.5) is 10.6 Å². The van der Waals surface area contributed by atoms with Crippen molar-refractivity contribution in [3.63, 3.8) is 0 Å². The van der Waals surface area contributed by atoms with Crippen LogP contribution in [0.5, 0.6) is 0 Å². The molecule has 0 bridgehead atoms. The molecule has 0 saturated heterocycles. The minimum atomic E-state index is -0.599. The third-order valence-corrected chi connectivity index (χ3v) is 4.34. The van der Waals surface area contributed by atoms with Crippen molar-refractivity contribution < 1.29 is 14.3 Å². The third kappa shape index (κ3) is 3.23. The number of carbonyl (C=O) groups excluding carboxylic acids is 2. The van der Waals surface area contributed by atoms with Crippen molar-refractivity contribution in [2.45, 2.75) is 19.9 Å². The summed E-state index contributed by atoms with van der Waals surface area (Å²) >= 11 is 0. The summed E-state index contributed by atoms with van der Waals surface area (Å²) in [5.41, 5.74) is 10.2. The van der Waals surface area contributed by atoms with E-state index in [-0.39, 0.29) is 6.03 Å². The number of nitrogens with zero attached hydrogens (tertiary/aromatic N) is 1. The number of hydrogen-bond donors (Lipinski definition) is 3. The van der Waals surface area contributed by atoms with Gasteiger partial charge in [-0.25, -0.2) is 14.6 Å². The van der Waals surface area contributed by atoms with Gasteiger partial charge in [0.15, 0.2) is 0 Å². The van der Waals surface area contributed by atoms with Crippen molar-refractivity contribution in [2.24, 2.45) is 0 Å². The molecule has 0 spiro atoms. The topological polar surface area (TPSA) is 106 Å². The van der Waals surface area contributed by atoms with E-state index >= 15 is 0 Å². The Bertz CT molecular complexity index is 921. The molecule has 1 unspecified atom stereocenters. The maximum absolute atomic E-state index is 12.2. The fraction of sp³-hybridized carbons (Fsp3) is 0.211. The molecule has 1 atom stereocenters. The minimum absolute atomic E-state index is 0.365.